The van der Waals surface area contributed by atoms with Gasteiger partial charge in [0, 0.05) is 24.8 Å². The Balaban J connectivity index is 1.93. The average Bonchev–Trinajstić information content (AvgIpc) is 2.54. The molecule has 21 heavy (non-hydrogen) atoms. The monoisotopic (exact) mass is 290 g/mol. The Morgan fingerprint density at radius 3 is 2.81 bits per heavy atom. The summed E-state index contributed by atoms with van der Waals surface area (Å²) in [6.07, 6.45) is 1.97. The molecule has 0 aromatic heterocycles. The van der Waals surface area contributed by atoms with E-state index in [4.69, 9.17) is 0 Å². The molecule has 0 spiro atoms. The van der Waals surface area contributed by atoms with Crippen LogP contribution >= 0.6 is 0 Å². The van der Waals surface area contributed by atoms with Gasteiger partial charge >= 0.3 is 0 Å². The van der Waals surface area contributed by atoms with Crippen LogP contribution in [0, 0.1) is 5.92 Å². The van der Waals surface area contributed by atoms with Crippen molar-refractivity contribution in [2.24, 2.45) is 5.92 Å². The molecule has 1 fully saturated rings. The number of nitrogens with one attached hydrogen (secondary N) is 1. The maximum Gasteiger partial charge on any atom is 0.251 e. The second-order valence-corrected chi connectivity index (χ2v) is 5.96. The minimum absolute atomic E-state index is 0.0139. The second-order valence-electron chi connectivity index (χ2n) is 5.96. The fraction of sp³-hybridized carbons (Fsp3) is 0.588. The molecule has 1 amide bonds. The van der Waals surface area contributed by atoms with E-state index in [0.29, 0.717) is 6.54 Å². The van der Waals surface area contributed by atoms with Crippen LogP contribution in [0.15, 0.2) is 30.3 Å². The molecule has 1 aliphatic heterocycles. The molecule has 3 unspecified atom stereocenters. The molecule has 1 aliphatic rings. The van der Waals surface area contributed by atoms with E-state index < -0.39 is 6.10 Å². The van der Waals surface area contributed by atoms with E-state index in [1.807, 2.05) is 44.2 Å². The number of hydrogen-bond acceptors (Lipinski definition) is 3. The van der Waals surface area contributed by atoms with Gasteiger partial charge in [-0.3, -0.25) is 4.79 Å². The summed E-state index contributed by atoms with van der Waals surface area (Å²) in [7, 11) is 0. The van der Waals surface area contributed by atoms with E-state index in [1.54, 1.807) is 4.90 Å². The molecule has 0 saturated carbocycles. The maximum absolute atomic E-state index is 12.3. The van der Waals surface area contributed by atoms with E-state index in [0.717, 1.165) is 31.5 Å². The average molecular weight is 290 g/mol. The Bertz CT molecular complexity index is 449. The predicted octanol–water partition coefficient (Wildman–Crippen LogP) is 2.50. The lowest BCUT2D eigenvalue weighted by Crippen LogP contribution is -2.49. The highest BCUT2D eigenvalue weighted by Gasteiger charge is 2.30. The third kappa shape index (κ3) is 4.21. The Kier molecular flexibility index (Phi) is 5.62. The third-order valence-electron chi connectivity index (χ3n) is 4.31. The van der Waals surface area contributed by atoms with Crippen LogP contribution < -0.4 is 5.32 Å². The molecule has 0 bridgehead atoms. The number of likely N-dealkylation sites (tertiary alicyclic amines) is 1. The van der Waals surface area contributed by atoms with E-state index in [-0.39, 0.29) is 17.9 Å². The molecule has 3 atom stereocenters. The number of piperidine rings is 1. The maximum atomic E-state index is 12.3. The van der Waals surface area contributed by atoms with Gasteiger partial charge in [0.25, 0.3) is 5.91 Å². The number of amides is 1. The first-order valence-electron chi connectivity index (χ1n) is 7.90. The Morgan fingerprint density at radius 1 is 1.43 bits per heavy atom. The van der Waals surface area contributed by atoms with Crippen LogP contribution in [0.4, 0.5) is 5.69 Å². The van der Waals surface area contributed by atoms with Gasteiger partial charge in [-0.2, -0.15) is 0 Å². The lowest BCUT2D eigenvalue weighted by Gasteiger charge is -2.35. The quantitative estimate of drug-likeness (QED) is 0.876. The summed E-state index contributed by atoms with van der Waals surface area (Å²) in [6, 6.07) is 10.3. The number of anilines is 1. The van der Waals surface area contributed by atoms with Gasteiger partial charge < -0.3 is 15.3 Å². The van der Waals surface area contributed by atoms with Crippen molar-refractivity contribution in [3.8, 4) is 0 Å². The lowest BCUT2D eigenvalue weighted by atomic mass is 9.98. The van der Waals surface area contributed by atoms with Crippen molar-refractivity contribution in [1.29, 1.82) is 0 Å². The zero-order valence-corrected chi connectivity index (χ0v) is 13.0. The Morgan fingerprint density at radius 2 is 2.14 bits per heavy atom. The van der Waals surface area contributed by atoms with Crippen LogP contribution in [0.1, 0.15) is 33.1 Å². The highest BCUT2D eigenvalue weighted by atomic mass is 16.3. The summed E-state index contributed by atoms with van der Waals surface area (Å²) < 4.78 is 0. The number of carbonyl (C=O) groups excluding carboxylic acids is 1. The zero-order valence-electron chi connectivity index (χ0n) is 13.0. The highest BCUT2D eigenvalue weighted by molar-refractivity contribution is 5.81. The molecule has 1 heterocycles. The molecular weight excluding hydrogens is 264 g/mol. The van der Waals surface area contributed by atoms with Gasteiger partial charge in [0.15, 0.2) is 0 Å². The van der Waals surface area contributed by atoms with Gasteiger partial charge in [-0.05, 0) is 30.9 Å². The van der Waals surface area contributed by atoms with Crippen molar-refractivity contribution in [3.05, 3.63) is 30.3 Å². The molecule has 2 N–H and O–H groups in total. The number of aliphatic hydroxyl groups excluding tert-OH is 1. The van der Waals surface area contributed by atoms with Crippen LogP contribution in [0.2, 0.25) is 0 Å². The second kappa shape index (κ2) is 7.46. The number of aliphatic hydroxyl groups is 1. The summed E-state index contributed by atoms with van der Waals surface area (Å²) in [5.74, 6) is -0.108. The van der Waals surface area contributed by atoms with Crippen molar-refractivity contribution in [2.75, 3.05) is 18.4 Å². The molecule has 1 aromatic rings. The highest BCUT2D eigenvalue weighted by Crippen LogP contribution is 2.18. The Hall–Kier alpha value is -1.55. The van der Waals surface area contributed by atoms with Crippen molar-refractivity contribution >= 4 is 11.6 Å². The van der Waals surface area contributed by atoms with Gasteiger partial charge in [0.05, 0.1) is 0 Å². The summed E-state index contributed by atoms with van der Waals surface area (Å²) in [6.45, 7) is 5.34. The van der Waals surface area contributed by atoms with Crippen molar-refractivity contribution in [3.63, 3.8) is 0 Å². The summed E-state index contributed by atoms with van der Waals surface area (Å²) in [5.41, 5.74) is 1.08. The number of rotatable bonds is 5. The molecular formula is C17H26N2O2. The molecule has 0 aliphatic carbocycles. The fourth-order valence-corrected chi connectivity index (χ4v) is 2.72. The number of carbonyl (C=O) groups is 1. The topological polar surface area (TPSA) is 52.6 Å². The van der Waals surface area contributed by atoms with E-state index in [1.165, 1.54) is 0 Å². The van der Waals surface area contributed by atoms with E-state index in [2.05, 4.69) is 5.32 Å². The fourth-order valence-electron chi connectivity index (χ4n) is 2.72. The van der Waals surface area contributed by atoms with Crippen molar-refractivity contribution in [1.82, 2.24) is 4.90 Å². The predicted molar refractivity (Wildman–Crippen MR) is 85.1 cm³/mol. The van der Waals surface area contributed by atoms with Crippen LogP contribution in [0.5, 0.6) is 0 Å². The molecule has 1 saturated heterocycles. The zero-order chi connectivity index (χ0) is 15.2. The van der Waals surface area contributed by atoms with Crippen molar-refractivity contribution < 1.29 is 9.90 Å². The summed E-state index contributed by atoms with van der Waals surface area (Å²) in [5, 5.41) is 13.6. The van der Waals surface area contributed by atoms with Gasteiger partial charge in [-0.25, -0.2) is 0 Å². The standard InChI is InChI=1S/C17H26N2O2/c1-3-13(2)16(20)17(21)19-11-7-10-15(12-19)18-14-8-5-4-6-9-14/h4-6,8-9,13,15-16,18,20H,3,7,10-12H2,1-2H3. The van der Waals surface area contributed by atoms with Gasteiger partial charge in [0.1, 0.15) is 6.10 Å². The Labute approximate surface area is 127 Å². The molecule has 4 heteroatoms. The first-order valence-corrected chi connectivity index (χ1v) is 7.90. The smallest absolute Gasteiger partial charge is 0.251 e. The van der Waals surface area contributed by atoms with Crippen molar-refractivity contribution in [2.45, 2.75) is 45.3 Å². The van der Waals surface area contributed by atoms with Gasteiger partial charge in [-0.15, -0.1) is 0 Å². The first kappa shape index (κ1) is 15.8. The first-order chi connectivity index (χ1) is 10.1. The number of hydrogen-bond donors (Lipinski definition) is 2. The molecule has 2 rings (SSSR count). The van der Waals surface area contributed by atoms with Gasteiger partial charge in [-0.1, -0.05) is 38.5 Å². The lowest BCUT2D eigenvalue weighted by molar-refractivity contribution is -0.143. The summed E-state index contributed by atoms with van der Waals surface area (Å²) >= 11 is 0. The van der Waals surface area contributed by atoms with Crippen LogP contribution in [0.3, 0.4) is 0 Å². The van der Waals surface area contributed by atoms with E-state index >= 15 is 0 Å². The van der Waals surface area contributed by atoms with Crippen LogP contribution in [0.25, 0.3) is 0 Å². The SMILES string of the molecule is CCC(C)C(O)C(=O)N1CCCC(Nc2ccccc2)C1. The largest absolute Gasteiger partial charge is 0.383 e. The van der Waals surface area contributed by atoms with Crippen LogP contribution in [-0.2, 0) is 4.79 Å². The normalized spacial score (nSPS) is 21.7. The minimum atomic E-state index is -0.870. The summed E-state index contributed by atoms with van der Waals surface area (Å²) in [4.78, 5) is 14.2. The number of para-hydroxylation sites is 1. The molecule has 1 aromatic carbocycles. The third-order valence-corrected chi connectivity index (χ3v) is 4.31. The van der Waals surface area contributed by atoms with E-state index in [9.17, 15) is 9.90 Å². The minimum Gasteiger partial charge on any atom is -0.383 e. The number of nitrogens with zero attached hydrogens (tertiary/aromatic N) is 1. The van der Waals surface area contributed by atoms with Gasteiger partial charge in [0.2, 0.25) is 0 Å². The van der Waals surface area contributed by atoms with Crippen LogP contribution in [-0.4, -0.2) is 41.1 Å². The molecule has 0 radical (unpaired) electrons. The molecule has 116 valence electrons. The molecule has 4 nitrogen and oxygen atoms in total. The number of benzene rings is 1.